The molecule has 0 spiro atoms. The van der Waals surface area contributed by atoms with Gasteiger partial charge < -0.3 is 9.47 Å². The minimum Gasteiger partial charge on any atom is -0.312 e. The van der Waals surface area contributed by atoms with Gasteiger partial charge in [-0.2, -0.15) is 4.98 Å². The van der Waals surface area contributed by atoms with Gasteiger partial charge >= 0.3 is 5.69 Å². The molecule has 0 fully saturated rings. The monoisotopic (exact) mass is 465 g/mol. The number of unbranched alkanes of at least 4 members (excludes halogenated alkanes) is 6. The third-order valence-corrected chi connectivity index (χ3v) is 7.08. The van der Waals surface area contributed by atoms with Crippen LogP contribution < -0.4 is 16.1 Å². The van der Waals surface area contributed by atoms with E-state index in [0.29, 0.717) is 23.6 Å². The molecule has 0 aliphatic carbocycles. The number of hydrogen-bond acceptors (Lipinski definition) is 4. The van der Waals surface area contributed by atoms with Gasteiger partial charge in [0.2, 0.25) is 5.95 Å². The average Bonchev–Trinajstić information content (AvgIpc) is 3.23. The van der Waals surface area contributed by atoms with Crippen molar-refractivity contribution in [3.05, 3.63) is 50.7 Å². The van der Waals surface area contributed by atoms with Gasteiger partial charge in [-0.1, -0.05) is 71.4 Å². The lowest BCUT2D eigenvalue weighted by molar-refractivity contribution is 0.457. The molecule has 1 atom stereocenters. The van der Waals surface area contributed by atoms with Crippen LogP contribution in [0.15, 0.2) is 33.9 Å². The fraction of sp³-hybridized carbons (Fsp3) is 0.593. The first-order chi connectivity index (χ1) is 16.5. The van der Waals surface area contributed by atoms with Gasteiger partial charge in [-0.3, -0.25) is 13.9 Å². The van der Waals surface area contributed by atoms with Crippen molar-refractivity contribution in [2.75, 3.05) is 11.4 Å². The summed E-state index contributed by atoms with van der Waals surface area (Å²) in [6, 6.07) is 8.54. The predicted octanol–water partition coefficient (Wildman–Crippen LogP) is 5.00. The van der Waals surface area contributed by atoms with Crippen molar-refractivity contribution in [1.29, 1.82) is 0 Å². The lowest BCUT2D eigenvalue weighted by atomic mass is 10.1. The van der Waals surface area contributed by atoms with Crippen LogP contribution in [0.1, 0.15) is 71.3 Å². The summed E-state index contributed by atoms with van der Waals surface area (Å²) in [5.74, 6) is 1.10. The zero-order valence-electron chi connectivity index (χ0n) is 21.2. The number of fused-ring (bicyclic) bond motifs is 3. The molecule has 0 amide bonds. The summed E-state index contributed by atoms with van der Waals surface area (Å²) >= 11 is 0. The van der Waals surface area contributed by atoms with E-state index in [2.05, 4.69) is 49.9 Å². The van der Waals surface area contributed by atoms with E-state index >= 15 is 0 Å². The second kappa shape index (κ2) is 10.6. The Hall–Kier alpha value is -2.83. The van der Waals surface area contributed by atoms with Crippen LogP contribution in [0.3, 0.4) is 0 Å². The van der Waals surface area contributed by atoms with Crippen LogP contribution in [0.4, 0.5) is 11.6 Å². The highest BCUT2D eigenvalue weighted by Crippen LogP contribution is 2.33. The normalized spacial score (nSPS) is 15.8. The van der Waals surface area contributed by atoms with E-state index in [-0.39, 0.29) is 11.2 Å². The Balaban J connectivity index is 1.67. The largest absolute Gasteiger partial charge is 0.332 e. The summed E-state index contributed by atoms with van der Waals surface area (Å²) < 4.78 is 5.00. The summed E-state index contributed by atoms with van der Waals surface area (Å²) in [6.07, 6.45) is 9.05. The van der Waals surface area contributed by atoms with Crippen LogP contribution in [0.5, 0.6) is 0 Å². The molecule has 34 heavy (non-hydrogen) atoms. The summed E-state index contributed by atoms with van der Waals surface area (Å²) in [5.41, 5.74) is 2.89. The highest BCUT2D eigenvalue weighted by molar-refractivity contribution is 5.77. The number of aromatic nitrogens is 4. The first kappa shape index (κ1) is 24.3. The standard InChI is InChI=1S/C27H39N5O2/c1-5-7-8-9-10-11-12-17-30-25(33)23-24(29(4)27(30)34)28-26-31(18-20(3)19-32(23)26)22-15-13-21(6-2)14-16-22/h13-16,20H,5-12,17-19H2,1-4H3/t20-/m0/s1. The molecule has 0 saturated heterocycles. The Labute approximate surface area is 202 Å². The van der Waals surface area contributed by atoms with Crippen LogP contribution in [0, 0.1) is 5.92 Å². The molecule has 0 bridgehead atoms. The second-order valence-corrected chi connectivity index (χ2v) is 9.85. The van der Waals surface area contributed by atoms with E-state index in [1.54, 1.807) is 11.6 Å². The van der Waals surface area contributed by atoms with Crippen molar-refractivity contribution >= 4 is 22.8 Å². The zero-order chi connectivity index (χ0) is 24.2. The highest BCUT2D eigenvalue weighted by atomic mass is 16.2. The molecule has 1 aromatic carbocycles. The van der Waals surface area contributed by atoms with Crippen molar-refractivity contribution < 1.29 is 0 Å². The maximum absolute atomic E-state index is 13.5. The third-order valence-electron chi connectivity index (χ3n) is 7.08. The van der Waals surface area contributed by atoms with E-state index in [9.17, 15) is 9.59 Å². The topological polar surface area (TPSA) is 65.1 Å². The predicted molar refractivity (Wildman–Crippen MR) is 139 cm³/mol. The molecule has 184 valence electrons. The molecule has 1 aliphatic heterocycles. The Morgan fingerprint density at radius 1 is 0.941 bits per heavy atom. The quantitative estimate of drug-likeness (QED) is 0.395. The number of aryl methyl sites for hydroxylation is 2. The number of hydrogen-bond donors (Lipinski definition) is 0. The van der Waals surface area contributed by atoms with E-state index in [4.69, 9.17) is 4.98 Å². The number of benzene rings is 1. The Kier molecular flexibility index (Phi) is 7.59. The van der Waals surface area contributed by atoms with E-state index in [1.165, 1.54) is 35.8 Å². The molecular formula is C27H39N5O2. The summed E-state index contributed by atoms with van der Waals surface area (Å²) in [6.45, 7) is 8.58. The van der Waals surface area contributed by atoms with Gasteiger partial charge in [0, 0.05) is 32.4 Å². The first-order valence-electron chi connectivity index (χ1n) is 13.0. The Morgan fingerprint density at radius 2 is 1.62 bits per heavy atom. The number of rotatable bonds is 10. The van der Waals surface area contributed by atoms with Crippen molar-refractivity contribution in [3.63, 3.8) is 0 Å². The molecule has 0 radical (unpaired) electrons. The summed E-state index contributed by atoms with van der Waals surface area (Å²) in [5, 5.41) is 0. The van der Waals surface area contributed by atoms with Crippen LogP contribution in [-0.2, 0) is 26.6 Å². The molecule has 0 N–H and O–H groups in total. The third kappa shape index (κ3) is 4.70. The van der Waals surface area contributed by atoms with Crippen LogP contribution in [0.2, 0.25) is 0 Å². The minimum absolute atomic E-state index is 0.210. The molecule has 7 nitrogen and oxygen atoms in total. The van der Waals surface area contributed by atoms with Gasteiger partial charge in [0.15, 0.2) is 11.2 Å². The van der Waals surface area contributed by atoms with E-state index in [1.807, 2.05) is 4.57 Å². The zero-order valence-corrected chi connectivity index (χ0v) is 21.2. The van der Waals surface area contributed by atoms with Crippen LogP contribution in [0.25, 0.3) is 11.2 Å². The molecule has 3 aromatic rings. The SMILES string of the molecule is CCCCCCCCCn1c(=O)c2c(nc3n2C[C@@H](C)CN3c2ccc(CC)cc2)n(C)c1=O. The van der Waals surface area contributed by atoms with Gasteiger partial charge in [-0.15, -0.1) is 0 Å². The Bertz CT molecular complexity index is 1240. The minimum atomic E-state index is -0.272. The van der Waals surface area contributed by atoms with Gasteiger partial charge in [-0.25, -0.2) is 4.79 Å². The van der Waals surface area contributed by atoms with Crippen LogP contribution in [-0.4, -0.2) is 25.2 Å². The van der Waals surface area contributed by atoms with Gasteiger partial charge in [-0.05, 0) is 36.5 Å². The summed E-state index contributed by atoms with van der Waals surface area (Å²) in [4.78, 5) is 33.6. The molecular weight excluding hydrogens is 426 g/mol. The average molecular weight is 466 g/mol. The first-order valence-corrected chi connectivity index (χ1v) is 13.0. The van der Waals surface area contributed by atoms with Crippen molar-refractivity contribution in [2.24, 2.45) is 13.0 Å². The van der Waals surface area contributed by atoms with Crippen LogP contribution >= 0.6 is 0 Å². The maximum Gasteiger partial charge on any atom is 0.332 e. The molecule has 1 aliphatic rings. The maximum atomic E-state index is 13.5. The molecule has 3 heterocycles. The second-order valence-electron chi connectivity index (χ2n) is 9.85. The van der Waals surface area contributed by atoms with E-state index < -0.39 is 0 Å². The van der Waals surface area contributed by atoms with Crippen molar-refractivity contribution in [2.45, 2.75) is 85.2 Å². The van der Waals surface area contributed by atoms with Crippen molar-refractivity contribution in [1.82, 2.24) is 18.7 Å². The van der Waals surface area contributed by atoms with Gasteiger partial charge in [0.05, 0.1) is 0 Å². The number of nitrogens with zero attached hydrogens (tertiary/aromatic N) is 5. The smallest absolute Gasteiger partial charge is 0.312 e. The van der Waals surface area contributed by atoms with Gasteiger partial charge in [0.25, 0.3) is 5.56 Å². The molecule has 2 aromatic heterocycles. The number of anilines is 2. The molecule has 7 heteroatoms. The lowest BCUT2D eigenvalue weighted by Crippen LogP contribution is -2.40. The Morgan fingerprint density at radius 3 is 2.29 bits per heavy atom. The molecule has 0 saturated carbocycles. The number of imidazole rings is 1. The fourth-order valence-corrected chi connectivity index (χ4v) is 5.06. The summed E-state index contributed by atoms with van der Waals surface area (Å²) in [7, 11) is 1.73. The fourth-order valence-electron chi connectivity index (χ4n) is 5.06. The molecule has 0 unspecified atom stereocenters. The van der Waals surface area contributed by atoms with Crippen molar-refractivity contribution in [3.8, 4) is 0 Å². The highest BCUT2D eigenvalue weighted by Gasteiger charge is 2.29. The lowest BCUT2D eigenvalue weighted by Gasteiger charge is -2.33. The molecule has 4 rings (SSSR count). The van der Waals surface area contributed by atoms with Gasteiger partial charge in [0.1, 0.15) is 0 Å². The van der Waals surface area contributed by atoms with E-state index in [0.717, 1.165) is 50.4 Å².